The maximum absolute atomic E-state index is 11.5. The first-order valence-corrected chi connectivity index (χ1v) is 5.56. The van der Waals surface area contributed by atoms with Crippen molar-refractivity contribution in [1.29, 1.82) is 5.26 Å². The van der Waals surface area contributed by atoms with Crippen LogP contribution < -0.4 is 5.32 Å². The zero-order valence-electron chi connectivity index (χ0n) is 9.52. The third kappa shape index (κ3) is 3.77. The van der Waals surface area contributed by atoms with Crippen LogP contribution in [0.2, 0.25) is 0 Å². The van der Waals surface area contributed by atoms with Gasteiger partial charge in [-0.2, -0.15) is 5.26 Å². The largest absolute Gasteiger partial charge is 0.353 e. The van der Waals surface area contributed by atoms with Crippen molar-refractivity contribution in [3.8, 4) is 6.07 Å². The number of carbonyl (C=O) groups is 1. The van der Waals surface area contributed by atoms with Crippen LogP contribution in [0.25, 0.3) is 0 Å². The molecule has 0 aliphatic rings. The Hall–Kier alpha value is -1.76. The zero-order valence-corrected chi connectivity index (χ0v) is 9.52. The van der Waals surface area contributed by atoms with Gasteiger partial charge in [-0.05, 0) is 18.6 Å². The van der Waals surface area contributed by atoms with Gasteiger partial charge in [0.25, 0.3) is 0 Å². The van der Waals surface area contributed by atoms with Gasteiger partial charge in [0.05, 0.1) is 6.07 Å². The van der Waals surface area contributed by atoms with Crippen LogP contribution in [-0.2, 0) is 11.3 Å². The Morgan fingerprint density at radius 1 is 1.50 bits per heavy atom. The predicted octanol–water partition coefficient (Wildman–Crippen LogP) is 1.54. The molecule has 86 valence electrons. The van der Waals surface area contributed by atoms with Gasteiger partial charge in [-0.1, -0.05) is 13.3 Å². The van der Waals surface area contributed by atoms with Gasteiger partial charge in [0, 0.05) is 25.5 Å². The van der Waals surface area contributed by atoms with E-state index in [0.717, 1.165) is 13.0 Å². The van der Waals surface area contributed by atoms with Gasteiger partial charge < -0.3 is 9.88 Å². The first-order valence-electron chi connectivity index (χ1n) is 5.56. The minimum absolute atomic E-state index is 0.156. The lowest BCUT2D eigenvalue weighted by atomic mass is 10.1. The predicted molar refractivity (Wildman–Crippen MR) is 61.5 cm³/mol. The maximum Gasteiger partial charge on any atom is 0.237 e. The van der Waals surface area contributed by atoms with E-state index in [4.69, 9.17) is 5.26 Å². The number of nitrogens with one attached hydrogen (secondary N) is 1. The third-order valence-electron chi connectivity index (χ3n) is 2.39. The lowest BCUT2D eigenvalue weighted by Crippen LogP contribution is -2.32. The number of nitrogens with zero attached hydrogens (tertiary/aromatic N) is 2. The van der Waals surface area contributed by atoms with Crippen molar-refractivity contribution in [2.24, 2.45) is 5.92 Å². The van der Waals surface area contributed by atoms with Crippen molar-refractivity contribution < 1.29 is 4.79 Å². The fourth-order valence-corrected chi connectivity index (χ4v) is 1.49. The zero-order chi connectivity index (χ0) is 11.8. The molecule has 4 heteroatoms. The van der Waals surface area contributed by atoms with E-state index < -0.39 is 5.92 Å². The lowest BCUT2D eigenvalue weighted by Gasteiger charge is -2.09. The van der Waals surface area contributed by atoms with Crippen molar-refractivity contribution in [2.45, 2.75) is 26.3 Å². The Balaban J connectivity index is 2.27. The van der Waals surface area contributed by atoms with Crippen LogP contribution in [0.15, 0.2) is 24.5 Å². The standard InChI is InChI=1S/C12H17N3O/c1-2-5-11(10-13)12(16)14-6-9-15-7-3-4-8-15/h3-4,7-8,11H,2,5-6,9H2,1H3,(H,14,16). The molecule has 0 aliphatic heterocycles. The molecule has 1 amide bonds. The smallest absolute Gasteiger partial charge is 0.237 e. The van der Waals surface area contributed by atoms with E-state index >= 15 is 0 Å². The third-order valence-corrected chi connectivity index (χ3v) is 2.39. The van der Waals surface area contributed by atoms with E-state index in [1.807, 2.05) is 42.1 Å². The Labute approximate surface area is 95.9 Å². The summed E-state index contributed by atoms with van der Waals surface area (Å²) < 4.78 is 1.99. The molecule has 1 unspecified atom stereocenters. The molecular formula is C12H17N3O. The Morgan fingerprint density at radius 2 is 2.19 bits per heavy atom. The van der Waals surface area contributed by atoms with Crippen molar-refractivity contribution >= 4 is 5.91 Å². The molecule has 1 aromatic rings. The number of carbonyl (C=O) groups excluding carboxylic acids is 1. The Kier molecular flexibility index (Phi) is 5.13. The number of aromatic nitrogens is 1. The summed E-state index contributed by atoms with van der Waals surface area (Å²) >= 11 is 0. The van der Waals surface area contributed by atoms with E-state index in [2.05, 4.69) is 5.32 Å². The van der Waals surface area contributed by atoms with Crippen LogP contribution in [0.4, 0.5) is 0 Å². The number of nitriles is 1. The molecule has 0 radical (unpaired) electrons. The van der Waals surface area contributed by atoms with Gasteiger partial charge in [-0.3, -0.25) is 4.79 Å². The highest BCUT2D eigenvalue weighted by Crippen LogP contribution is 2.04. The first kappa shape index (κ1) is 12.3. The minimum atomic E-state index is -0.505. The molecule has 1 heterocycles. The Morgan fingerprint density at radius 3 is 2.75 bits per heavy atom. The summed E-state index contributed by atoms with van der Waals surface area (Å²) in [6.45, 7) is 3.27. The van der Waals surface area contributed by atoms with Gasteiger partial charge in [0.2, 0.25) is 5.91 Å². The van der Waals surface area contributed by atoms with Crippen LogP contribution in [-0.4, -0.2) is 17.0 Å². The SMILES string of the molecule is CCCC(C#N)C(=O)NCCn1cccc1. The molecule has 16 heavy (non-hydrogen) atoms. The van der Waals surface area contributed by atoms with Crippen LogP contribution in [0.1, 0.15) is 19.8 Å². The van der Waals surface area contributed by atoms with Gasteiger partial charge >= 0.3 is 0 Å². The molecule has 0 saturated carbocycles. The van der Waals surface area contributed by atoms with Gasteiger partial charge in [0.15, 0.2) is 0 Å². The Bertz CT molecular complexity index is 351. The van der Waals surface area contributed by atoms with Gasteiger partial charge in [-0.25, -0.2) is 0 Å². The van der Waals surface area contributed by atoms with Crippen LogP contribution >= 0.6 is 0 Å². The molecule has 1 atom stereocenters. The molecular weight excluding hydrogens is 202 g/mol. The highest BCUT2D eigenvalue weighted by molar-refractivity contribution is 5.80. The number of hydrogen-bond donors (Lipinski definition) is 1. The molecule has 1 rings (SSSR count). The molecule has 1 aromatic heterocycles. The van der Waals surface area contributed by atoms with Crippen LogP contribution in [0.3, 0.4) is 0 Å². The summed E-state index contributed by atoms with van der Waals surface area (Å²) in [4.78, 5) is 11.5. The van der Waals surface area contributed by atoms with Crippen molar-refractivity contribution in [2.75, 3.05) is 6.54 Å². The molecule has 0 fully saturated rings. The molecule has 0 spiro atoms. The molecule has 1 N–H and O–H groups in total. The summed E-state index contributed by atoms with van der Waals surface area (Å²) in [5, 5.41) is 11.6. The summed E-state index contributed by atoms with van der Waals surface area (Å²) in [5.74, 6) is -0.661. The molecule has 0 aromatic carbocycles. The second-order valence-corrected chi connectivity index (χ2v) is 3.68. The van der Waals surface area contributed by atoms with Gasteiger partial charge in [0.1, 0.15) is 5.92 Å². The van der Waals surface area contributed by atoms with Crippen molar-refractivity contribution in [3.63, 3.8) is 0 Å². The monoisotopic (exact) mass is 219 g/mol. The number of hydrogen-bond acceptors (Lipinski definition) is 2. The molecule has 0 bridgehead atoms. The lowest BCUT2D eigenvalue weighted by molar-refractivity contribution is -0.123. The maximum atomic E-state index is 11.5. The van der Waals surface area contributed by atoms with E-state index in [-0.39, 0.29) is 5.91 Å². The average Bonchev–Trinajstić information content (AvgIpc) is 2.78. The average molecular weight is 219 g/mol. The highest BCUT2D eigenvalue weighted by Gasteiger charge is 2.15. The van der Waals surface area contributed by atoms with E-state index in [1.54, 1.807) is 0 Å². The summed E-state index contributed by atoms with van der Waals surface area (Å²) in [6, 6.07) is 5.91. The number of rotatable bonds is 6. The van der Waals surface area contributed by atoms with E-state index in [0.29, 0.717) is 13.0 Å². The second kappa shape index (κ2) is 6.67. The fourth-order valence-electron chi connectivity index (χ4n) is 1.49. The van der Waals surface area contributed by atoms with Crippen molar-refractivity contribution in [1.82, 2.24) is 9.88 Å². The summed E-state index contributed by atoms with van der Waals surface area (Å²) in [6.07, 6.45) is 5.37. The van der Waals surface area contributed by atoms with Crippen LogP contribution in [0.5, 0.6) is 0 Å². The van der Waals surface area contributed by atoms with E-state index in [9.17, 15) is 4.79 Å². The molecule has 0 aliphatic carbocycles. The topological polar surface area (TPSA) is 57.8 Å². The second-order valence-electron chi connectivity index (χ2n) is 3.68. The number of amides is 1. The normalized spacial score (nSPS) is 11.8. The molecule has 4 nitrogen and oxygen atoms in total. The first-order chi connectivity index (χ1) is 7.77. The minimum Gasteiger partial charge on any atom is -0.353 e. The van der Waals surface area contributed by atoms with Gasteiger partial charge in [-0.15, -0.1) is 0 Å². The quantitative estimate of drug-likeness (QED) is 0.789. The molecule has 0 saturated heterocycles. The summed E-state index contributed by atoms with van der Waals surface area (Å²) in [5.41, 5.74) is 0. The summed E-state index contributed by atoms with van der Waals surface area (Å²) in [7, 11) is 0. The highest BCUT2D eigenvalue weighted by atomic mass is 16.1. The van der Waals surface area contributed by atoms with E-state index in [1.165, 1.54) is 0 Å². The fraction of sp³-hybridized carbons (Fsp3) is 0.500. The van der Waals surface area contributed by atoms with Crippen molar-refractivity contribution in [3.05, 3.63) is 24.5 Å². The van der Waals surface area contributed by atoms with Crippen LogP contribution in [0, 0.1) is 17.2 Å².